The SMILES string of the molecule is COCC=CCCCC=O. The maximum Gasteiger partial charge on any atom is 0.120 e. The van der Waals surface area contributed by atoms with Crippen molar-refractivity contribution in [3.8, 4) is 0 Å². The fourth-order valence-electron chi connectivity index (χ4n) is 0.601. The van der Waals surface area contributed by atoms with E-state index in [1.165, 1.54) is 0 Å². The molecule has 0 aromatic heterocycles. The van der Waals surface area contributed by atoms with Crippen LogP contribution in [0.5, 0.6) is 0 Å². The molecule has 58 valence electrons. The molecule has 0 aliphatic carbocycles. The lowest BCUT2D eigenvalue weighted by atomic mass is 10.2. The van der Waals surface area contributed by atoms with Crippen molar-refractivity contribution in [2.75, 3.05) is 13.7 Å². The van der Waals surface area contributed by atoms with Gasteiger partial charge in [0.05, 0.1) is 6.61 Å². The predicted molar refractivity (Wildman–Crippen MR) is 40.9 cm³/mol. The van der Waals surface area contributed by atoms with E-state index in [0.29, 0.717) is 13.0 Å². The molecule has 0 saturated heterocycles. The largest absolute Gasteiger partial charge is 0.381 e. The Balaban J connectivity index is 2.94. The standard InChI is InChI=1S/C8H14O2/c1-10-8-6-4-2-3-5-7-9/h4,6-7H,2-3,5,8H2,1H3. The van der Waals surface area contributed by atoms with Gasteiger partial charge in [-0.15, -0.1) is 0 Å². The number of hydrogen-bond acceptors (Lipinski definition) is 2. The molecule has 0 fully saturated rings. The third-order valence-corrected chi connectivity index (χ3v) is 1.12. The molecule has 2 heteroatoms. The first-order valence-corrected chi connectivity index (χ1v) is 3.49. The average Bonchev–Trinajstić information content (AvgIpc) is 1.97. The molecule has 0 N–H and O–H groups in total. The lowest BCUT2D eigenvalue weighted by molar-refractivity contribution is -0.107. The van der Waals surface area contributed by atoms with E-state index in [4.69, 9.17) is 4.74 Å². The molecule has 0 rings (SSSR count). The molecule has 0 aliphatic rings. The smallest absolute Gasteiger partial charge is 0.120 e. The van der Waals surface area contributed by atoms with E-state index in [-0.39, 0.29) is 0 Å². The second-order valence-corrected chi connectivity index (χ2v) is 2.02. The van der Waals surface area contributed by atoms with E-state index in [9.17, 15) is 4.79 Å². The lowest BCUT2D eigenvalue weighted by Crippen LogP contribution is -1.80. The van der Waals surface area contributed by atoms with Crippen LogP contribution in [-0.2, 0) is 9.53 Å². The van der Waals surface area contributed by atoms with Crippen molar-refractivity contribution in [2.45, 2.75) is 19.3 Å². The van der Waals surface area contributed by atoms with Crippen molar-refractivity contribution in [3.05, 3.63) is 12.2 Å². The number of ether oxygens (including phenoxy) is 1. The van der Waals surface area contributed by atoms with Crippen molar-refractivity contribution in [2.24, 2.45) is 0 Å². The Labute approximate surface area is 61.9 Å². The van der Waals surface area contributed by atoms with E-state index < -0.39 is 0 Å². The molecule has 0 bridgehead atoms. The highest BCUT2D eigenvalue weighted by Crippen LogP contribution is 1.93. The maximum atomic E-state index is 9.84. The number of hydrogen-bond donors (Lipinski definition) is 0. The Kier molecular flexibility index (Phi) is 7.84. The zero-order valence-corrected chi connectivity index (χ0v) is 6.38. The van der Waals surface area contributed by atoms with Crippen LogP contribution in [0.3, 0.4) is 0 Å². The Hall–Kier alpha value is -0.630. The van der Waals surface area contributed by atoms with Crippen molar-refractivity contribution in [1.29, 1.82) is 0 Å². The average molecular weight is 142 g/mol. The summed E-state index contributed by atoms with van der Waals surface area (Å²) in [4.78, 5) is 9.84. The number of rotatable bonds is 6. The molecule has 0 spiro atoms. The molecule has 0 heterocycles. The topological polar surface area (TPSA) is 26.3 Å². The van der Waals surface area contributed by atoms with Crippen LogP contribution in [0.4, 0.5) is 0 Å². The second kappa shape index (κ2) is 8.37. The number of aldehydes is 1. The van der Waals surface area contributed by atoms with Crippen molar-refractivity contribution >= 4 is 6.29 Å². The van der Waals surface area contributed by atoms with Crippen LogP contribution < -0.4 is 0 Å². The van der Waals surface area contributed by atoms with E-state index in [1.807, 2.05) is 12.2 Å². The van der Waals surface area contributed by atoms with Gasteiger partial charge in [0.15, 0.2) is 0 Å². The highest BCUT2D eigenvalue weighted by molar-refractivity contribution is 5.48. The van der Waals surface area contributed by atoms with Gasteiger partial charge in [-0.1, -0.05) is 12.2 Å². The van der Waals surface area contributed by atoms with Gasteiger partial charge < -0.3 is 9.53 Å². The zero-order chi connectivity index (χ0) is 7.66. The summed E-state index contributed by atoms with van der Waals surface area (Å²) in [6.45, 7) is 0.668. The first kappa shape index (κ1) is 9.37. The summed E-state index contributed by atoms with van der Waals surface area (Å²) in [6, 6.07) is 0. The van der Waals surface area contributed by atoms with Crippen molar-refractivity contribution in [1.82, 2.24) is 0 Å². The maximum absolute atomic E-state index is 9.84. The third-order valence-electron chi connectivity index (χ3n) is 1.12. The van der Waals surface area contributed by atoms with Gasteiger partial charge in [0, 0.05) is 13.5 Å². The quantitative estimate of drug-likeness (QED) is 0.319. The van der Waals surface area contributed by atoms with Gasteiger partial charge in [0.1, 0.15) is 6.29 Å². The third kappa shape index (κ3) is 7.37. The molecule has 0 unspecified atom stereocenters. The number of carbonyl (C=O) groups is 1. The van der Waals surface area contributed by atoms with Crippen LogP contribution in [0, 0.1) is 0 Å². The molecule has 0 radical (unpaired) electrons. The fourth-order valence-corrected chi connectivity index (χ4v) is 0.601. The van der Waals surface area contributed by atoms with Crippen molar-refractivity contribution in [3.63, 3.8) is 0 Å². The Bertz CT molecular complexity index is 97.4. The normalized spacial score (nSPS) is 10.5. The highest BCUT2D eigenvalue weighted by Gasteiger charge is 1.80. The fraction of sp³-hybridized carbons (Fsp3) is 0.625. The molecule has 0 aliphatic heterocycles. The zero-order valence-electron chi connectivity index (χ0n) is 6.38. The van der Waals surface area contributed by atoms with E-state index in [0.717, 1.165) is 19.1 Å². The van der Waals surface area contributed by atoms with Crippen LogP contribution in [0.25, 0.3) is 0 Å². The molecule has 2 nitrogen and oxygen atoms in total. The molecule has 0 atom stereocenters. The number of unbranched alkanes of at least 4 members (excludes halogenated alkanes) is 2. The summed E-state index contributed by atoms with van der Waals surface area (Å²) in [5.74, 6) is 0. The molecule has 0 saturated carbocycles. The Morgan fingerprint density at radius 3 is 2.70 bits per heavy atom. The first-order valence-electron chi connectivity index (χ1n) is 3.49. The van der Waals surface area contributed by atoms with Gasteiger partial charge in [-0.05, 0) is 12.8 Å². The van der Waals surface area contributed by atoms with Crippen molar-refractivity contribution < 1.29 is 9.53 Å². The number of carbonyl (C=O) groups excluding carboxylic acids is 1. The van der Waals surface area contributed by atoms with Gasteiger partial charge in [0.2, 0.25) is 0 Å². The van der Waals surface area contributed by atoms with E-state index in [2.05, 4.69) is 0 Å². The molecule has 0 aromatic rings. The van der Waals surface area contributed by atoms with Gasteiger partial charge in [-0.2, -0.15) is 0 Å². The summed E-state index contributed by atoms with van der Waals surface area (Å²) in [7, 11) is 1.66. The highest BCUT2D eigenvalue weighted by atomic mass is 16.5. The minimum Gasteiger partial charge on any atom is -0.381 e. The molecule has 10 heavy (non-hydrogen) atoms. The lowest BCUT2D eigenvalue weighted by Gasteiger charge is -1.88. The summed E-state index contributed by atoms with van der Waals surface area (Å²) < 4.78 is 4.79. The summed E-state index contributed by atoms with van der Waals surface area (Å²) >= 11 is 0. The molecule has 0 aromatic carbocycles. The first-order chi connectivity index (χ1) is 4.91. The number of methoxy groups -OCH3 is 1. The summed E-state index contributed by atoms with van der Waals surface area (Å²) in [5, 5.41) is 0. The van der Waals surface area contributed by atoms with Crippen LogP contribution in [0.2, 0.25) is 0 Å². The Morgan fingerprint density at radius 2 is 2.10 bits per heavy atom. The second-order valence-electron chi connectivity index (χ2n) is 2.02. The van der Waals surface area contributed by atoms with Gasteiger partial charge in [-0.3, -0.25) is 0 Å². The van der Waals surface area contributed by atoms with E-state index >= 15 is 0 Å². The molecule has 0 amide bonds. The molecular weight excluding hydrogens is 128 g/mol. The molecular formula is C8H14O2. The van der Waals surface area contributed by atoms with Crippen LogP contribution >= 0.6 is 0 Å². The minimum atomic E-state index is 0.664. The number of allylic oxidation sites excluding steroid dienone is 1. The van der Waals surface area contributed by atoms with Crippen LogP contribution in [0.1, 0.15) is 19.3 Å². The van der Waals surface area contributed by atoms with Crippen LogP contribution in [0.15, 0.2) is 12.2 Å². The Morgan fingerprint density at radius 1 is 1.30 bits per heavy atom. The summed E-state index contributed by atoms with van der Waals surface area (Å²) in [6.07, 6.45) is 7.53. The van der Waals surface area contributed by atoms with Gasteiger partial charge in [-0.25, -0.2) is 0 Å². The van der Waals surface area contributed by atoms with Crippen LogP contribution in [-0.4, -0.2) is 20.0 Å². The minimum absolute atomic E-state index is 0.664. The summed E-state index contributed by atoms with van der Waals surface area (Å²) in [5.41, 5.74) is 0. The van der Waals surface area contributed by atoms with Gasteiger partial charge in [0.25, 0.3) is 0 Å². The predicted octanol–water partition coefficient (Wildman–Crippen LogP) is 1.56. The van der Waals surface area contributed by atoms with E-state index in [1.54, 1.807) is 7.11 Å². The van der Waals surface area contributed by atoms with Gasteiger partial charge >= 0.3 is 0 Å². The monoisotopic (exact) mass is 142 g/mol.